The number of nitrogens with one attached hydrogen (secondary N) is 2. The van der Waals surface area contributed by atoms with Crippen molar-refractivity contribution >= 4 is 29.2 Å². The predicted octanol–water partition coefficient (Wildman–Crippen LogP) is 1.47. The van der Waals surface area contributed by atoms with Gasteiger partial charge in [0.1, 0.15) is 0 Å². The summed E-state index contributed by atoms with van der Waals surface area (Å²) in [5, 5.41) is 17.2. The Balaban J connectivity index is 1.98. The van der Waals surface area contributed by atoms with Crippen LogP contribution in [-0.2, 0) is 6.54 Å². The summed E-state index contributed by atoms with van der Waals surface area (Å²) < 4.78 is 10.3. The molecule has 0 fully saturated rings. The van der Waals surface area contributed by atoms with Gasteiger partial charge in [-0.25, -0.2) is 0 Å². The predicted molar refractivity (Wildman–Crippen MR) is 95.9 cm³/mol. The van der Waals surface area contributed by atoms with Gasteiger partial charge >= 0.3 is 0 Å². The molecule has 0 radical (unpaired) electrons. The van der Waals surface area contributed by atoms with E-state index in [0.29, 0.717) is 29.5 Å². The first-order valence-corrected chi connectivity index (χ1v) is 7.96. The van der Waals surface area contributed by atoms with E-state index >= 15 is 0 Å². The van der Waals surface area contributed by atoms with Crippen LogP contribution in [0.1, 0.15) is 24.2 Å². The van der Waals surface area contributed by atoms with Gasteiger partial charge in [-0.1, -0.05) is 18.9 Å². The van der Waals surface area contributed by atoms with Crippen molar-refractivity contribution in [1.82, 2.24) is 25.5 Å². The number of carbonyl (C=O) groups is 1. The van der Waals surface area contributed by atoms with E-state index in [1.165, 1.54) is 19.0 Å². The van der Waals surface area contributed by atoms with E-state index in [9.17, 15) is 4.79 Å². The zero-order valence-electron chi connectivity index (χ0n) is 14.4. The number of hydrogen-bond acceptors (Lipinski definition) is 7. The second-order valence-electron chi connectivity index (χ2n) is 5.54. The molecule has 2 N–H and O–H groups in total. The molecule has 0 saturated carbocycles. The lowest BCUT2D eigenvalue weighted by atomic mass is 10.2. The fraction of sp³-hybridized carbons (Fsp3) is 0.400. The molecule has 2 aromatic rings. The Morgan fingerprint density at radius 1 is 1.28 bits per heavy atom. The molecule has 25 heavy (non-hydrogen) atoms. The SMILES string of the molecule is COc1ccc(C(=O)NC(=S)Nc2nnn(CC(C)C)n2)cc1OC. The normalized spacial score (nSPS) is 10.4. The molecular formula is C15H20N6O3S. The number of tetrazole rings is 1. The van der Waals surface area contributed by atoms with E-state index in [-0.39, 0.29) is 11.1 Å². The molecule has 9 nitrogen and oxygen atoms in total. The average molecular weight is 364 g/mol. The molecule has 0 saturated heterocycles. The lowest BCUT2D eigenvalue weighted by molar-refractivity contribution is 0.0977. The molecule has 0 bridgehead atoms. The summed E-state index contributed by atoms with van der Waals surface area (Å²) >= 11 is 5.10. The number of carbonyl (C=O) groups excluding carboxylic acids is 1. The number of rotatable bonds is 6. The van der Waals surface area contributed by atoms with E-state index < -0.39 is 5.91 Å². The summed E-state index contributed by atoms with van der Waals surface area (Å²) in [4.78, 5) is 13.7. The lowest BCUT2D eigenvalue weighted by Gasteiger charge is -2.10. The van der Waals surface area contributed by atoms with Crippen LogP contribution in [0.2, 0.25) is 0 Å². The first kappa shape index (κ1) is 18.6. The fourth-order valence-electron chi connectivity index (χ4n) is 1.98. The van der Waals surface area contributed by atoms with Gasteiger partial charge in [-0.3, -0.25) is 15.4 Å². The third-order valence-corrected chi connectivity index (χ3v) is 3.28. The monoisotopic (exact) mass is 364 g/mol. The Kier molecular flexibility index (Phi) is 6.23. The summed E-state index contributed by atoms with van der Waals surface area (Å²) in [6, 6.07) is 4.81. The molecule has 0 aliphatic carbocycles. The molecule has 1 heterocycles. The molecule has 1 aromatic heterocycles. The van der Waals surface area contributed by atoms with Crippen molar-refractivity contribution in [3.63, 3.8) is 0 Å². The van der Waals surface area contributed by atoms with Crippen LogP contribution in [0.5, 0.6) is 11.5 Å². The second kappa shape index (κ2) is 8.38. The van der Waals surface area contributed by atoms with Crippen LogP contribution in [0.15, 0.2) is 18.2 Å². The number of benzene rings is 1. The van der Waals surface area contributed by atoms with Crippen molar-refractivity contribution in [1.29, 1.82) is 0 Å². The minimum atomic E-state index is -0.395. The van der Waals surface area contributed by atoms with Crippen molar-refractivity contribution in [3.05, 3.63) is 23.8 Å². The third kappa shape index (κ3) is 5.11. The molecule has 0 atom stereocenters. The fourth-order valence-corrected chi connectivity index (χ4v) is 2.17. The zero-order chi connectivity index (χ0) is 18.4. The lowest BCUT2D eigenvalue weighted by Crippen LogP contribution is -2.34. The van der Waals surface area contributed by atoms with Crippen LogP contribution in [0.25, 0.3) is 0 Å². The topological polar surface area (TPSA) is 103 Å². The van der Waals surface area contributed by atoms with Crippen LogP contribution >= 0.6 is 12.2 Å². The Labute approximate surface area is 150 Å². The second-order valence-corrected chi connectivity index (χ2v) is 5.95. The molecule has 0 aliphatic rings. The average Bonchev–Trinajstić information content (AvgIpc) is 2.99. The highest BCUT2D eigenvalue weighted by Crippen LogP contribution is 2.27. The molecule has 0 unspecified atom stereocenters. The maximum Gasteiger partial charge on any atom is 0.269 e. The Morgan fingerprint density at radius 2 is 2.00 bits per heavy atom. The van der Waals surface area contributed by atoms with Crippen molar-refractivity contribution in [2.45, 2.75) is 20.4 Å². The number of thiocarbonyl (C=S) groups is 1. The summed E-state index contributed by atoms with van der Waals surface area (Å²) in [5.41, 5.74) is 0.373. The molecule has 10 heteroatoms. The number of anilines is 1. The minimum absolute atomic E-state index is 0.0730. The molecule has 134 valence electrons. The number of nitrogens with zero attached hydrogens (tertiary/aromatic N) is 4. The number of aromatic nitrogens is 4. The summed E-state index contributed by atoms with van der Waals surface area (Å²) in [5.74, 6) is 1.20. The first-order chi connectivity index (χ1) is 11.9. The highest BCUT2D eigenvalue weighted by molar-refractivity contribution is 7.80. The van der Waals surface area contributed by atoms with E-state index in [4.69, 9.17) is 21.7 Å². The van der Waals surface area contributed by atoms with E-state index in [1.807, 2.05) is 13.8 Å². The Morgan fingerprint density at radius 3 is 2.64 bits per heavy atom. The van der Waals surface area contributed by atoms with Crippen molar-refractivity contribution in [3.8, 4) is 11.5 Å². The third-order valence-electron chi connectivity index (χ3n) is 3.08. The summed E-state index contributed by atoms with van der Waals surface area (Å²) in [6.45, 7) is 4.73. The molecule has 0 aliphatic heterocycles. The van der Waals surface area contributed by atoms with Gasteiger partial charge in [0.05, 0.1) is 20.8 Å². The van der Waals surface area contributed by atoms with E-state index in [1.54, 1.807) is 18.2 Å². The van der Waals surface area contributed by atoms with Crippen molar-refractivity contribution < 1.29 is 14.3 Å². The minimum Gasteiger partial charge on any atom is -0.493 e. The highest BCUT2D eigenvalue weighted by Gasteiger charge is 2.13. The molecule has 0 spiro atoms. The van der Waals surface area contributed by atoms with Gasteiger partial charge in [0.25, 0.3) is 11.9 Å². The smallest absolute Gasteiger partial charge is 0.269 e. The maximum absolute atomic E-state index is 12.3. The van der Waals surface area contributed by atoms with Crippen LogP contribution in [0.4, 0.5) is 5.95 Å². The van der Waals surface area contributed by atoms with Gasteiger partial charge in [0, 0.05) is 5.56 Å². The van der Waals surface area contributed by atoms with Crippen LogP contribution in [0, 0.1) is 5.92 Å². The van der Waals surface area contributed by atoms with Gasteiger partial charge in [-0.15, -0.1) is 5.10 Å². The van der Waals surface area contributed by atoms with E-state index in [0.717, 1.165) is 0 Å². The quantitative estimate of drug-likeness (QED) is 0.743. The van der Waals surface area contributed by atoms with Gasteiger partial charge < -0.3 is 9.47 Å². The maximum atomic E-state index is 12.3. The highest BCUT2D eigenvalue weighted by atomic mass is 32.1. The van der Waals surface area contributed by atoms with Crippen molar-refractivity contribution in [2.24, 2.45) is 5.92 Å². The molecule has 1 aromatic carbocycles. The molecular weight excluding hydrogens is 344 g/mol. The molecule has 1 amide bonds. The Hall–Kier alpha value is -2.75. The largest absolute Gasteiger partial charge is 0.493 e. The number of methoxy groups -OCH3 is 2. The number of ether oxygens (including phenoxy) is 2. The van der Waals surface area contributed by atoms with Gasteiger partial charge in [-0.2, -0.15) is 4.80 Å². The van der Waals surface area contributed by atoms with Crippen LogP contribution in [0.3, 0.4) is 0 Å². The summed E-state index contributed by atoms with van der Waals surface area (Å²) in [7, 11) is 3.02. The van der Waals surface area contributed by atoms with Crippen LogP contribution < -0.4 is 20.1 Å². The van der Waals surface area contributed by atoms with E-state index in [2.05, 4.69) is 26.0 Å². The Bertz CT molecular complexity index is 761. The number of amides is 1. The molecule has 2 rings (SSSR count). The van der Waals surface area contributed by atoms with Gasteiger partial charge in [0.2, 0.25) is 0 Å². The summed E-state index contributed by atoms with van der Waals surface area (Å²) in [6.07, 6.45) is 0. The van der Waals surface area contributed by atoms with Crippen molar-refractivity contribution in [2.75, 3.05) is 19.5 Å². The first-order valence-electron chi connectivity index (χ1n) is 7.55. The van der Waals surface area contributed by atoms with Crippen LogP contribution in [-0.4, -0.2) is 45.4 Å². The van der Waals surface area contributed by atoms with Gasteiger partial charge in [0.15, 0.2) is 16.6 Å². The standard InChI is InChI=1S/C15H20N6O3S/c1-9(2)8-21-19-14(18-20-21)17-15(25)16-13(22)10-5-6-11(23-3)12(7-10)24-4/h5-7,9H,8H2,1-4H3,(H2,16,17,19,22,25). The number of hydrogen-bond donors (Lipinski definition) is 2. The van der Waals surface area contributed by atoms with Gasteiger partial charge in [-0.05, 0) is 41.5 Å². The zero-order valence-corrected chi connectivity index (χ0v) is 15.3.